The van der Waals surface area contributed by atoms with Gasteiger partial charge >= 0.3 is 0 Å². The molecule has 1 heterocycles. The average molecular weight is 264 g/mol. The Bertz CT molecular complexity index is 394. The molecule has 0 amide bonds. The monoisotopic (exact) mass is 264 g/mol. The molecule has 2 unspecified atom stereocenters. The third-order valence-corrected chi connectivity index (χ3v) is 3.90. The zero-order valence-electron chi connectivity index (χ0n) is 12.0. The van der Waals surface area contributed by atoms with Crippen molar-refractivity contribution >= 4 is 5.69 Å². The smallest absolute Gasteiger partial charge is 0.119 e. The highest BCUT2D eigenvalue weighted by Gasteiger charge is 2.27. The number of hydrogen-bond donors (Lipinski definition) is 1. The molecule has 4 nitrogen and oxygen atoms in total. The molecular weight excluding hydrogens is 240 g/mol. The van der Waals surface area contributed by atoms with E-state index in [4.69, 9.17) is 4.74 Å². The van der Waals surface area contributed by atoms with Crippen molar-refractivity contribution in [2.24, 2.45) is 0 Å². The molecule has 0 aliphatic carbocycles. The lowest BCUT2D eigenvalue weighted by Crippen LogP contribution is -2.46. The molecule has 0 aromatic heterocycles. The first-order valence-corrected chi connectivity index (χ1v) is 6.87. The summed E-state index contributed by atoms with van der Waals surface area (Å²) < 4.78 is 5.20. The summed E-state index contributed by atoms with van der Waals surface area (Å²) in [4.78, 5) is 4.63. The average Bonchev–Trinajstić information content (AvgIpc) is 2.58. The zero-order chi connectivity index (χ0) is 13.8. The lowest BCUT2D eigenvalue weighted by Gasteiger charge is -2.36. The summed E-state index contributed by atoms with van der Waals surface area (Å²) in [6, 6.07) is 8.68. The van der Waals surface area contributed by atoms with Gasteiger partial charge in [-0.3, -0.25) is 0 Å². The predicted octanol–water partition coefficient (Wildman–Crippen LogP) is 1.59. The van der Waals surface area contributed by atoms with E-state index in [0.717, 1.165) is 30.9 Å². The van der Waals surface area contributed by atoms with Crippen LogP contribution in [0.15, 0.2) is 24.3 Å². The second-order valence-electron chi connectivity index (χ2n) is 5.34. The predicted molar refractivity (Wildman–Crippen MR) is 77.9 cm³/mol. The van der Waals surface area contributed by atoms with E-state index < -0.39 is 0 Å². The van der Waals surface area contributed by atoms with Gasteiger partial charge in [0.05, 0.1) is 19.8 Å². The molecule has 1 aromatic carbocycles. The first-order valence-electron chi connectivity index (χ1n) is 6.87. The van der Waals surface area contributed by atoms with E-state index >= 15 is 0 Å². The Morgan fingerprint density at radius 1 is 1.32 bits per heavy atom. The number of methoxy groups -OCH3 is 1. The Hall–Kier alpha value is -1.26. The molecule has 106 valence electrons. The third kappa shape index (κ3) is 3.19. The lowest BCUT2D eigenvalue weighted by atomic mass is 10.1. The van der Waals surface area contributed by atoms with E-state index in [-0.39, 0.29) is 12.6 Å². The van der Waals surface area contributed by atoms with E-state index in [1.54, 1.807) is 7.11 Å². The molecule has 2 rings (SSSR count). The summed E-state index contributed by atoms with van der Waals surface area (Å²) in [5, 5.41) is 9.69. The number of aliphatic hydroxyl groups is 1. The van der Waals surface area contributed by atoms with Crippen LogP contribution >= 0.6 is 0 Å². The Kier molecular flexibility index (Phi) is 4.66. The van der Waals surface area contributed by atoms with Crippen LogP contribution in [0.25, 0.3) is 0 Å². The lowest BCUT2D eigenvalue weighted by molar-refractivity contribution is 0.228. The summed E-state index contributed by atoms with van der Waals surface area (Å²) in [5.74, 6) is 0.865. The summed E-state index contributed by atoms with van der Waals surface area (Å²) >= 11 is 0. The molecule has 0 radical (unpaired) electrons. The maximum Gasteiger partial charge on any atom is 0.119 e. The molecule has 1 fully saturated rings. The summed E-state index contributed by atoms with van der Waals surface area (Å²) in [6.07, 6.45) is 1.11. The Morgan fingerprint density at radius 3 is 2.58 bits per heavy atom. The fourth-order valence-corrected chi connectivity index (χ4v) is 2.81. The molecule has 2 atom stereocenters. The number of aliphatic hydroxyl groups excluding tert-OH is 1. The largest absolute Gasteiger partial charge is 0.497 e. The van der Waals surface area contributed by atoms with Gasteiger partial charge in [-0.15, -0.1) is 0 Å². The molecular formula is C15H24N2O2. The van der Waals surface area contributed by atoms with Gasteiger partial charge in [-0.25, -0.2) is 0 Å². The van der Waals surface area contributed by atoms with Crippen LogP contribution in [0.3, 0.4) is 0 Å². The molecule has 1 saturated heterocycles. The maximum atomic E-state index is 9.69. The van der Waals surface area contributed by atoms with Gasteiger partial charge in [0.2, 0.25) is 0 Å². The number of ether oxygens (including phenoxy) is 1. The van der Waals surface area contributed by atoms with Crippen LogP contribution in [0.1, 0.15) is 13.3 Å². The van der Waals surface area contributed by atoms with Crippen molar-refractivity contribution in [3.8, 4) is 5.75 Å². The molecule has 0 bridgehead atoms. The number of benzene rings is 1. The van der Waals surface area contributed by atoms with E-state index in [1.165, 1.54) is 0 Å². The normalized spacial score (nSPS) is 25.2. The van der Waals surface area contributed by atoms with E-state index in [1.807, 2.05) is 12.1 Å². The number of rotatable bonds is 3. The van der Waals surface area contributed by atoms with Crippen LogP contribution in [0, 0.1) is 0 Å². The van der Waals surface area contributed by atoms with Crippen LogP contribution in [0.2, 0.25) is 0 Å². The molecule has 1 aliphatic rings. The quantitative estimate of drug-likeness (QED) is 0.899. The van der Waals surface area contributed by atoms with Gasteiger partial charge in [0, 0.05) is 18.3 Å². The molecule has 1 aromatic rings. The van der Waals surface area contributed by atoms with Crippen molar-refractivity contribution in [1.29, 1.82) is 0 Å². The number of anilines is 1. The van der Waals surface area contributed by atoms with Crippen molar-refractivity contribution in [2.75, 3.05) is 38.8 Å². The van der Waals surface area contributed by atoms with Crippen LogP contribution in [0.5, 0.6) is 5.75 Å². The number of nitrogens with zero attached hydrogens (tertiary/aromatic N) is 2. The highest BCUT2D eigenvalue weighted by atomic mass is 16.5. The van der Waals surface area contributed by atoms with Crippen molar-refractivity contribution in [1.82, 2.24) is 4.90 Å². The van der Waals surface area contributed by atoms with Gasteiger partial charge in [0.25, 0.3) is 0 Å². The minimum atomic E-state index is 0.149. The Balaban J connectivity index is 2.26. The van der Waals surface area contributed by atoms with Crippen LogP contribution in [0.4, 0.5) is 5.69 Å². The molecule has 19 heavy (non-hydrogen) atoms. The van der Waals surface area contributed by atoms with Crippen molar-refractivity contribution in [3.05, 3.63) is 24.3 Å². The summed E-state index contributed by atoms with van der Waals surface area (Å²) in [5.41, 5.74) is 1.16. The van der Waals surface area contributed by atoms with Crippen LogP contribution in [-0.4, -0.2) is 55.9 Å². The zero-order valence-corrected chi connectivity index (χ0v) is 12.0. The summed E-state index contributed by atoms with van der Waals surface area (Å²) in [7, 11) is 3.79. The van der Waals surface area contributed by atoms with Gasteiger partial charge < -0.3 is 19.6 Å². The van der Waals surface area contributed by atoms with Crippen molar-refractivity contribution in [2.45, 2.75) is 25.4 Å². The van der Waals surface area contributed by atoms with Gasteiger partial charge in [-0.2, -0.15) is 0 Å². The van der Waals surface area contributed by atoms with Crippen LogP contribution in [-0.2, 0) is 0 Å². The SMILES string of the molecule is COc1ccc(N2C(C)CCN(C)CC2CO)cc1. The third-order valence-electron chi connectivity index (χ3n) is 3.90. The highest BCUT2D eigenvalue weighted by molar-refractivity contribution is 5.51. The van der Waals surface area contributed by atoms with Gasteiger partial charge in [-0.1, -0.05) is 0 Å². The second-order valence-corrected chi connectivity index (χ2v) is 5.34. The van der Waals surface area contributed by atoms with E-state index in [0.29, 0.717) is 6.04 Å². The Labute approximate surface area is 115 Å². The molecule has 4 heteroatoms. The maximum absolute atomic E-state index is 9.69. The molecule has 1 N–H and O–H groups in total. The number of likely N-dealkylation sites (N-methyl/N-ethyl adjacent to an activating group) is 1. The van der Waals surface area contributed by atoms with E-state index in [9.17, 15) is 5.11 Å². The van der Waals surface area contributed by atoms with Gasteiger partial charge in [-0.05, 0) is 51.2 Å². The van der Waals surface area contributed by atoms with E-state index in [2.05, 4.69) is 35.9 Å². The first-order chi connectivity index (χ1) is 9.15. The standard InChI is InChI=1S/C15H24N2O2/c1-12-8-9-16(2)10-14(11-18)17(12)13-4-6-15(19-3)7-5-13/h4-7,12,14,18H,8-11H2,1-3H3. The van der Waals surface area contributed by atoms with Gasteiger partial charge in [0.1, 0.15) is 5.75 Å². The topological polar surface area (TPSA) is 35.9 Å². The fraction of sp³-hybridized carbons (Fsp3) is 0.600. The second kappa shape index (κ2) is 6.26. The van der Waals surface area contributed by atoms with Gasteiger partial charge in [0.15, 0.2) is 0 Å². The molecule has 0 spiro atoms. The Morgan fingerprint density at radius 2 is 2.00 bits per heavy atom. The summed E-state index contributed by atoms with van der Waals surface area (Å²) in [6.45, 7) is 4.38. The minimum Gasteiger partial charge on any atom is -0.497 e. The number of hydrogen-bond acceptors (Lipinski definition) is 4. The first kappa shape index (κ1) is 14.2. The fourth-order valence-electron chi connectivity index (χ4n) is 2.81. The van der Waals surface area contributed by atoms with Crippen LogP contribution < -0.4 is 9.64 Å². The highest BCUT2D eigenvalue weighted by Crippen LogP contribution is 2.26. The van der Waals surface area contributed by atoms with Crippen molar-refractivity contribution < 1.29 is 9.84 Å². The molecule has 0 saturated carbocycles. The van der Waals surface area contributed by atoms with Crippen molar-refractivity contribution in [3.63, 3.8) is 0 Å². The minimum absolute atomic E-state index is 0.149. The molecule has 1 aliphatic heterocycles.